The van der Waals surface area contributed by atoms with Crippen molar-refractivity contribution in [3.05, 3.63) is 0 Å². The fourth-order valence-electron chi connectivity index (χ4n) is 3.23. The van der Waals surface area contributed by atoms with E-state index in [0.29, 0.717) is 12.0 Å². The van der Waals surface area contributed by atoms with Crippen molar-refractivity contribution in [2.75, 3.05) is 20.3 Å². The van der Waals surface area contributed by atoms with E-state index in [1.807, 2.05) is 0 Å². The molecule has 2 fully saturated rings. The van der Waals surface area contributed by atoms with E-state index in [1.165, 1.54) is 25.7 Å². The molecule has 1 saturated carbocycles. The minimum Gasteiger partial charge on any atom is -0.385 e. The summed E-state index contributed by atoms with van der Waals surface area (Å²) < 4.78 is 11.1. The van der Waals surface area contributed by atoms with Crippen LogP contribution in [0.15, 0.2) is 0 Å². The van der Waals surface area contributed by atoms with Crippen LogP contribution in [0.4, 0.5) is 0 Å². The number of rotatable bonds is 6. The molecule has 0 bridgehead atoms. The topological polar surface area (TPSA) is 56.5 Å². The number of methoxy groups -OCH3 is 1. The van der Waals surface area contributed by atoms with Crippen molar-refractivity contribution in [2.45, 2.75) is 56.6 Å². The second kappa shape index (κ2) is 6.14. The molecule has 0 aromatic carbocycles. The minimum absolute atomic E-state index is 0.222. The molecule has 0 amide bonds. The van der Waals surface area contributed by atoms with E-state index in [4.69, 9.17) is 15.3 Å². The Morgan fingerprint density at radius 2 is 2.35 bits per heavy atom. The van der Waals surface area contributed by atoms with E-state index in [0.717, 1.165) is 32.5 Å². The third-order valence-corrected chi connectivity index (χ3v) is 4.44. The first kappa shape index (κ1) is 13.3. The molecule has 0 aromatic heterocycles. The molecule has 2 aliphatic rings. The lowest BCUT2D eigenvalue weighted by Gasteiger charge is -2.48. The van der Waals surface area contributed by atoms with Crippen molar-refractivity contribution in [2.24, 2.45) is 11.8 Å². The van der Waals surface area contributed by atoms with Gasteiger partial charge < -0.3 is 9.47 Å². The maximum Gasteiger partial charge on any atom is 0.0685 e. The Morgan fingerprint density at radius 3 is 2.94 bits per heavy atom. The maximum atomic E-state index is 5.96. The van der Waals surface area contributed by atoms with Crippen LogP contribution in [-0.4, -0.2) is 32.0 Å². The quantitative estimate of drug-likeness (QED) is 0.422. The number of nitrogens with two attached hydrogens (primary N) is 1. The van der Waals surface area contributed by atoms with Gasteiger partial charge in [0.05, 0.1) is 5.60 Å². The van der Waals surface area contributed by atoms with E-state index in [1.54, 1.807) is 7.11 Å². The Morgan fingerprint density at radius 1 is 1.53 bits per heavy atom. The van der Waals surface area contributed by atoms with Gasteiger partial charge in [0, 0.05) is 26.4 Å². The molecule has 2 unspecified atom stereocenters. The van der Waals surface area contributed by atoms with Crippen molar-refractivity contribution in [1.82, 2.24) is 5.43 Å². The lowest BCUT2D eigenvalue weighted by Crippen LogP contribution is -2.51. The molecule has 2 atom stereocenters. The molecule has 4 heteroatoms. The smallest absolute Gasteiger partial charge is 0.0685 e. The van der Waals surface area contributed by atoms with E-state index in [-0.39, 0.29) is 5.60 Å². The van der Waals surface area contributed by atoms with Gasteiger partial charge in [0.2, 0.25) is 0 Å². The Hall–Kier alpha value is -0.160. The lowest BCUT2D eigenvalue weighted by molar-refractivity contribution is -0.147. The number of hydrogen-bond acceptors (Lipinski definition) is 4. The Kier molecular flexibility index (Phi) is 4.79. The van der Waals surface area contributed by atoms with Gasteiger partial charge in [-0.3, -0.25) is 11.3 Å². The van der Waals surface area contributed by atoms with Crippen molar-refractivity contribution in [3.63, 3.8) is 0 Å². The van der Waals surface area contributed by atoms with Crippen LogP contribution < -0.4 is 11.3 Å². The van der Waals surface area contributed by atoms with Crippen molar-refractivity contribution in [3.8, 4) is 0 Å². The van der Waals surface area contributed by atoms with Crippen LogP contribution in [0.2, 0.25) is 0 Å². The normalized spacial score (nSPS) is 28.9. The molecule has 1 heterocycles. The highest BCUT2D eigenvalue weighted by Gasteiger charge is 2.43. The Bertz CT molecular complexity index is 231. The molecule has 2 rings (SSSR count). The third kappa shape index (κ3) is 3.19. The van der Waals surface area contributed by atoms with Gasteiger partial charge >= 0.3 is 0 Å². The molecule has 3 N–H and O–H groups in total. The first-order valence-corrected chi connectivity index (χ1v) is 6.89. The summed E-state index contributed by atoms with van der Waals surface area (Å²) in [6.45, 7) is 1.74. The Labute approximate surface area is 104 Å². The summed E-state index contributed by atoms with van der Waals surface area (Å²) in [4.78, 5) is 0. The second-order valence-corrected chi connectivity index (χ2v) is 5.55. The highest BCUT2D eigenvalue weighted by molar-refractivity contribution is 4.96. The van der Waals surface area contributed by atoms with Crippen LogP contribution in [0, 0.1) is 5.92 Å². The third-order valence-electron chi connectivity index (χ3n) is 4.44. The van der Waals surface area contributed by atoms with E-state index < -0.39 is 0 Å². The van der Waals surface area contributed by atoms with Gasteiger partial charge in [-0.2, -0.15) is 0 Å². The molecule has 1 saturated heterocycles. The van der Waals surface area contributed by atoms with Gasteiger partial charge in [-0.25, -0.2) is 0 Å². The summed E-state index contributed by atoms with van der Waals surface area (Å²) in [5, 5.41) is 0. The summed E-state index contributed by atoms with van der Waals surface area (Å²) in [7, 11) is 1.75. The van der Waals surface area contributed by atoms with Crippen LogP contribution in [0.25, 0.3) is 0 Å². The summed E-state index contributed by atoms with van der Waals surface area (Å²) in [5.41, 5.74) is 3.23. The van der Waals surface area contributed by atoms with Crippen LogP contribution in [0.5, 0.6) is 0 Å². The number of hydrazine groups is 1. The van der Waals surface area contributed by atoms with Crippen molar-refractivity contribution in [1.29, 1.82) is 0 Å². The molecule has 1 aliphatic carbocycles. The Balaban J connectivity index is 1.81. The molecule has 100 valence electrons. The molecule has 0 aromatic rings. The van der Waals surface area contributed by atoms with Gasteiger partial charge in [0.25, 0.3) is 0 Å². The summed E-state index contributed by atoms with van der Waals surface area (Å²) >= 11 is 0. The van der Waals surface area contributed by atoms with Crippen molar-refractivity contribution >= 4 is 0 Å². The summed E-state index contributed by atoms with van der Waals surface area (Å²) in [6.07, 6.45) is 8.34. The molecule has 1 spiro atoms. The number of nitrogens with one attached hydrogen (secondary N) is 1. The monoisotopic (exact) mass is 242 g/mol. The molecule has 1 aliphatic heterocycles. The first-order chi connectivity index (χ1) is 8.29. The molecular formula is C13H26N2O2. The lowest BCUT2D eigenvalue weighted by atomic mass is 9.70. The van der Waals surface area contributed by atoms with Gasteiger partial charge in [0.15, 0.2) is 0 Å². The summed E-state index contributed by atoms with van der Waals surface area (Å²) in [5.74, 6) is 6.37. The van der Waals surface area contributed by atoms with E-state index >= 15 is 0 Å². The second-order valence-electron chi connectivity index (χ2n) is 5.55. The molecule has 0 radical (unpaired) electrons. The average molecular weight is 242 g/mol. The zero-order valence-electron chi connectivity index (χ0n) is 10.9. The standard InChI is InChI=1S/C13H26N2O2/c1-16-8-2-4-12(15-14)11-5-9-17-13(10-11)6-3-7-13/h11-12,15H,2-10,14H2,1H3. The zero-order valence-corrected chi connectivity index (χ0v) is 10.9. The highest BCUT2D eigenvalue weighted by Crippen LogP contribution is 2.45. The molecule has 4 nitrogen and oxygen atoms in total. The van der Waals surface area contributed by atoms with Crippen molar-refractivity contribution < 1.29 is 9.47 Å². The molecule has 17 heavy (non-hydrogen) atoms. The average Bonchev–Trinajstić information content (AvgIpc) is 2.33. The van der Waals surface area contributed by atoms with Crippen LogP contribution >= 0.6 is 0 Å². The number of ether oxygens (including phenoxy) is 2. The van der Waals surface area contributed by atoms with Crippen LogP contribution in [0.3, 0.4) is 0 Å². The minimum atomic E-state index is 0.222. The fraction of sp³-hybridized carbons (Fsp3) is 1.00. The largest absolute Gasteiger partial charge is 0.385 e. The van der Waals surface area contributed by atoms with E-state index in [9.17, 15) is 0 Å². The molecular weight excluding hydrogens is 216 g/mol. The van der Waals surface area contributed by atoms with Crippen LogP contribution in [0.1, 0.15) is 44.9 Å². The first-order valence-electron chi connectivity index (χ1n) is 6.89. The maximum absolute atomic E-state index is 5.96. The summed E-state index contributed by atoms with van der Waals surface area (Å²) in [6, 6.07) is 0.423. The van der Waals surface area contributed by atoms with Gasteiger partial charge in [-0.1, -0.05) is 0 Å². The van der Waals surface area contributed by atoms with E-state index in [2.05, 4.69) is 5.43 Å². The zero-order chi connectivity index (χ0) is 12.1. The van der Waals surface area contributed by atoms with Gasteiger partial charge in [-0.15, -0.1) is 0 Å². The van der Waals surface area contributed by atoms with Gasteiger partial charge in [0.1, 0.15) is 0 Å². The predicted octanol–water partition coefficient (Wildman–Crippen LogP) is 1.59. The highest BCUT2D eigenvalue weighted by atomic mass is 16.5. The number of hydrogen-bond donors (Lipinski definition) is 2. The SMILES string of the molecule is COCCCC(NN)C1CCOC2(CCC2)C1. The predicted molar refractivity (Wildman–Crippen MR) is 67.5 cm³/mol. The fourth-order valence-corrected chi connectivity index (χ4v) is 3.23. The van der Waals surface area contributed by atoms with Crippen LogP contribution in [-0.2, 0) is 9.47 Å². The van der Waals surface area contributed by atoms with Gasteiger partial charge in [-0.05, 0) is 50.9 Å².